The summed E-state index contributed by atoms with van der Waals surface area (Å²) in [7, 11) is 0. The average Bonchev–Trinajstić information content (AvgIpc) is 2.75. The summed E-state index contributed by atoms with van der Waals surface area (Å²) < 4.78 is 14.9. The van der Waals surface area contributed by atoms with Crippen LogP contribution >= 0.6 is 0 Å². The van der Waals surface area contributed by atoms with Crippen LogP contribution in [0.1, 0.15) is 0 Å². The van der Waals surface area contributed by atoms with Crippen LogP contribution in [-0.4, -0.2) is 14.6 Å². The Kier molecular flexibility index (Phi) is 1.93. The van der Waals surface area contributed by atoms with Crippen molar-refractivity contribution in [3.8, 4) is 11.1 Å². The Morgan fingerprint density at radius 1 is 1.06 bits per heavy atom. The molecule has 16 heavy (non-hydrogen) atoms. The maximum atomic E-state index is 13.1. The minimum absolute atomic E-state index is 0.235. The van der Waals surface area contributed by atoms with Crippen LogP contribution in [0.2, 0.25) is 0 Å². The Balaban J connectivity index is 2.18. The standard InChI is InChI=1S/C12H8FN3/c13-11-3-1-2-9(6-11)10-4-5-12-15-14-8-16(12)7-10/h1-8H. The molecule has 0 radical (unpaired) electrons. The molecule has 0 fully saturated rings. The molecule has 0 spiro atoms. The van der Waals surface area contributed by atoms with E-state index in [0.717, 1.165) is 16.8 Å². The molecule has 3 rings (SSSR count). The second-order valence-corrected chi connectivity index (χ2v) is 3.52. The average molecular weight is 213 g/mol. The molecule has 0 saturated carbocycles. The summed E-state index contributed by atoms with van der Waals surface area (Å²) in [6, 6.07) is 10.3. The monoisotopic (exact) mass is 213 g/mol. The van der Waals surface area contributed by atoms with E-state index < -0.39 is 0 Å². The molecule has 0 aliphatic carbocycles. The molecule has 0 atom stereocenters. The summed E-state index contributed by atoms with van der Waals surface area (Å²) in [6.45, 7) is 0. The van der Waals surface area contributed by atoms with Crippen molar-refractivity contribution in [2.75, 3.05) is 0 Å². The molecule has 0 saturated heterocycles. The van der Waals surface area contributed by atoms with E-state index >= 15 is 0 Å². The van der Waals surface area contributed by atoms with Crippen molar-refractivity contribution in [1.82, 2.24) is 14.6 Å². The molecule has 0 amide bonds. The van der Waals surface area contributed by atoms with Gasteiger partial charge in [-0.1, -0.05) is 12.1 Å². The lowest BCUT2D eigenvalue weighted by Gasteiger charge is -2.02. The van der Waals surface area contributed by atoms with Gasteiger partial charge in [-0.25, -0.2) is 4.39 Å². The normalized spacial score (nSPS) is 10.8. The molecular formula is C12H8FN3. The van der Waals surface area contributed by atoms with E-state index in [1.165, 1.54) is 12.1 Å². The third kappa shape index (κ3) is 1.44. The number of halogens is 1. The second kappa shape index (κ2) is 3.41. The maximum absolute atomic E-state index is 13.1. The van der Waals surface area contributed by atoms with Crippen LogP contribution in [0.15, 0.2) is 48.9 Å². The largest absolute Gasteiger partial charge is 0.288 e. The molecule has 2 heterocycles. The first-order valence-corrected chi connectivity index (χ1v) is 4.88. The molecule has 3 nitrogen and oxygen atoms in total. The third-order valence-corrected chi connectivity index (χ3v) is 2.45. The zero-order chi connectivity index (χ0) is 11.0. The molecule has 0 unspecified atom stereocenters. The highest BCUT2D eigenvalue weighted by atomic mass is 19.1. The van der Waals surface area contributed by atoms with Gasteiger partial charge in [0.25, 0.3) is 0 Å². The van der Waals surface area contributed by atoms with E-state index in [-0.39, 0.29) is 5.82 Å². The Morgan fingerprint density at radius 3 is 2.88 bits per heavy atom. The topological polar surface area (TPSA) is 30.2 Å². The lowest BCUT2D eigenvalue weighted by atomic mass is 10.1. The number of rotatable bonds is 1. The van der Waals surface area contributed by atoms with E-state index in [4.69, 9.17) is 0 Å². The lowest BCUT2D eigenvalue weighted by Crippen LogP contribution is -1.86. The molecule has 0 aliphatic heterocycles. The van der Waals surface area contributed by atoms with Gasteiger partial charge >= 0.3 is 0 Å². The molecule has 0 N–H and O–H groups in total. The van der Waals surface area contributed by atoms with E-state index in [1.807, 2.05) is 24.4 Å². The van der Waals surface area contributed by atoms with Gasteiger partial charge in [-0.15, -0.1) is 10.2 Å². The quantitative estimate of drug-likeness (QED) is 0.621. The minimum atomic E-state index is -0.235. The molecule has 78 valence electrons. The summed E-state index contributed by atoms with van der Waals surface area (Å²) in [5.41, 5.74) is 2.56. The highest BCUT2D eigenvalue weighted by Crippen LogP contribution is 2.20. The molecule has 2 aromatic heterocycles. The van der Waals surface area contributed by atoms with Gasteiger partial charge in [0.1, 0.15) is 12.1 Å². The summed E-state index contributed by atoms with van der Waals surface area (Å²) in [6.07, 6.45) is 3.50. The number of aromatic nitrogens is 3. The SMILES string of the molecule is Fc1cccc(-c2ccc3nncn3c2)c1. The van der Waals surface area contributed by atoms with Crippen LogP contribution in [-0.2, 0) is 0 Å². The van der Waals surface area contributed by atoms with Crippen molar-refractivity contribution < 1.29 is 4.39 Å². The highest BCUT2D eigenvalue weighted by molar-refractivity contribution is 5.64. The van der Waals surface area contributed by atoms with Crippen LogP contribution in [0.4, 0.5) is 4.39 Å². The fourth-order valence-electron chi connectivity index (χ4n) is 1.67. The summed E-state index contributed by atoms with van der Waals surface area (Å²) >= 11 is 0. The van der Waals surface area contributed by atoms with Crippen molar-refractivity contribution in [3.63, 3.8) is 0 Å². The zero-order valence-electron chi connectivity index (χ0n) is 8.34. The highest BCUT2D eigenvalue weighted by Gasteiger charge is 2.01. The van der Waals surface area contributed by atoms with E-state index in [2.05, 4.69) is 10.2 Å². The van der Waals surface area contributed by atoms with Gasteiger partial charge in [-0.3, -0.25) is 4.40 Å². The molecule has 0 aliphatic rings. The number of pyridine rings is 1. The Bertz CT molecular complexity index is 645. The Morgan fingerprint density at radius 2 is 2.00 bits per heavy atom. The van der Waals surface area contributed by atoms with Gasteiger partial charge < -0.3 is 0 Å². The van der Waals surface area contributed by atoms with E-state index in [0.29, 0.717) is 0 Å². The van der Waals surface area contributed by atoms with Crippen LogP contribution < -0.4 is 0 Å². The number of hydrogen-bond acceptors (Lipinski definition) is 2. The van der Waals surface area contributed by atoms with Crippen LogP contribution in [0.3, 0.4) is 0 Å². The molecule has 3 aromatic rings. The molecule has 1 aromatic carbocycles. The summed E-state index contributed by atoms with van der Waals surface area (Å²) in [5.74, 6) is -0.235. The smallest absolute Gasteiger partial charge is 0.160 e. The van der Waals surface area contributed by atoms with Crippen molar-refractivity contribution in [2.45, 2.75) is 0 Å². The first-order chi connectivity index (χ1) is 7.83. The number of hydrogen-bond donors (Lipinski definition) is 0. The van der Waals surface area contributed by atoms with Gasteiger partial charge in [-0.05, 0) is 35.4 Å². The van der Waals surface area contributed by atoms with Gasteiger partial charge in [0, 0.05) is 6.20 Å². The van der Waals surface area contributed by atoms with Gasteiger partial charge in [0.2, 0.25) is 0 Å². The number of benzene rings is 1. The third-order valence-electron chi connectivity index (χ3n) is 2.45. The van der Waals surface area contributed by atoms with E-state index in [9.17, 15) is 4.39 Å². The predicted octanol–water partition coefficient (Wildman–Crippen LogP) is 2.54. The van der Waals surface area contributed by atoms with Gasteiger partial charge in [0.15, 0.2) is 5.65 Å². The van der Waals surface area contributed by atoms with E-state index in [1.54, 1.807) is 16.8 Å². The first kappa shape index (κ1) is 9.03. The first-order valence-electron chi connectivity index (χ1n) is 4.88. The van der Waals surface area contributed by atoms with Crippen molar-refractivity contribution in [3.05, 3.63) is 54.7 Å². The van der Waals surface area contributed by atoms with Gasteiger partial charge in [0.05, 0.1) is 0 Å². The fraction of sp³-hybridized carbons (Fsp3) is 0. The van der Waals surface area contributed by atoms with Crippen molar-refractivity contribution in [2.24, 2.45) is 0 Å². The predicted molar refractivity (Wildman–Crippen MR) is 58.4 cm³/mol. The van der Waals surface area contributed by atoms with Crippen LogP contribution in [0.25, 0.3) is 16.8 Å². The number of fused-ring (bicyclic) bond motifs is 1. The molecule has 4 heteroatoms. The van der Waals surface area contributed by atoms with Crippen LogP contribution in [0.5, 0.6) is 0 Å². The summed E-state index contributed by atoms with van der Waals surface area (Å²) in [5, 5.41) is 7.70. The van der Waals surface area contributed by atoms with Crippen molar-refractivity contribution >= 4 is 5.65 Å². The Labute approximate surface area is 91.2 Å². The van der Waals surface area contributed by atoms with Crippen LogP contribution in [0, 0.1) is 5.82 Å². The minimum Gasteiger partial charge on any atom is -0.288 e. The van der Waals surface area contributed by atoms with Crippen molar-refractivity contribution in [1.29, 1.82) is 0 Å². The maximum Gasteiger partial charge on any atom is 0.160 e. The molecular weight excluding hydrogens is 205 g/mol. The zero-order valence-corrected chi connectivity index (χ0v) is 8.34. The second-order valence-electron chi connectivity index (χ2n) is 3.52. The fourth-order valence-corrected chi connectivity index (χ4v) is 1.67. The molecule has 0 bridgehead atoms. The lowest BCUT2D eigenvalue weighted by molar-refractivity contribution is 0.628. The number of nitrogens with zero attached hydrogens (tertiary/aromatic N) is 3. The summed E-state index contributed by atoms with van der Waals surface area (Å²) in [4.78, 5) is 0. The Hall–Kier alpha value is -2.23. The van der Waals surface area contributed by atoms with Gasteiger partial charge in [-0.2, -0.15) is 0 Å².